The van der Waals surface area contributed by atoms with Gasteiger partial charge in [0, 0.05) is 0 Å². The van der Waals surface area contributed by atoms with Crippen molar-refractivity contribution < 1.29 is 4.84 Å². The number of nitrogens with one attached hydrogen (secondary N) is 1. The number of hydrogen-bond acceptors (Lipinski definition) is 3. The summed E-state index contributed by atoms with van der Waals surface area (Å²) in [6, 6.07) is 7.51. The molecule has 1 rings (SSSR count). The third-order valence-electron chi connectivity index (χ3n) is 1.45. The predicted molar refractivity (Wildman–Crippen MR) is 50.7 cm³/mol. The van der Waals surface area contributed by atoms with Crippen LogP contribution in [0.4, 0.5) is 11.4 Å². The Morgan fingerprint density at radius 3 is 2.83 bits per heavy atom. The molecule has 0 aliphatic heterocycles. The second-order valence-electron chi connectivity index (χ2n) is 2.54. The van der Waals surface area contributed by atoms with E-state index in [2.05, 4.69) is 12.4 Å². The van der Waals surface area contributed by atoms with E-state index in [1.807, 2.05) is 24.3 Å². The van der Waals surface area contributed by atoms with Gasteiger partial charge in [-0.05, 0) is 18.6 Å². The summed E-state index contributed by atoms with van der Waals surface area (Å²) in [4.78, 5) is 5.12. The minimum Gasteiger partial charge on any atom is -0.397 e. The fraction of sp³-hybridized carbons (Fsp3) is 0.333. The maximum Gasteiger partial charge on any atom is 0.0833 e. The quantitative estimate of drug-likeness (QED) is 0.408. The fourth-order valence-electron chi connectivity index (χ4n) is 0.821. The van der Waals surface area contributed by atoms with E-state index in [1.54, 1.807) is 0 Å². The zero-order valence-electron chi connectivity index (χ0n) is 7.21. The molecule has 0 saturated heterocycles. The van der Waals surface area contributed by atoms with Crippen LogP contribution in [0.3, 0.4) is 0 Å². The van der Waals surface area contributed by atoms with Crippen molar-refractivity contribution in [1.82, 2.24) is 0 Å². The highest BCUT2D eigenvalue weighted by atomic mass is 16.6. The molecule has 66 valence electrons. The van der Waals surface area contributed by atoms with Crippen LogP contribution in [0.5, 0.6) is 0 Å². The van der Waals surface area contributed by atoms with Gasteiger partial charge in [-0.3, -0.25) is 10.3 Å². The molecule has 3 nitrogen and oxygen atoms in total. The van der Waals surface area contributed by atoms with Crippen molar-refractivity contribution in [3.05, 3.63) is 24.3 Å². The normalized spacial score (nSPS) is 9.75. The van der Waals surface area contributed by atoms with E-state index in [9.17, 15) is 0 Å². The molecule has 0 amide bonds. The lowest BCUT2D eigenvalue weighted by molar-refractivity contribution is 0.194. The van der Waals surface area contributed by atoms with Crippen LogP contribution in [0.25, 0.3) is 0 Å². The van der Waals surface area contributed by atoms with Gasteiger partial charge in [-0.1, -0.05) is 19.1 Å². The molecule has 0 fully saturated rings. The van der Waals surface area contributed by atoms with Crippen molar-refractivity contribution in [3.63, 3.8) is 0 Å². The van der Waals surface area contributed by atoms with Crippen molar-refractivity contribution in [2.75, 3.05) is 17.8 Å². The SMILES string of the molecule is CCCONc1ccccc1N. The highest BCUT2D eigenvalue weighted by Gasteiger charge is 1.94. The number of para-hydroxylation sites is 2. The molecule has 0 atom stereocenters. The van der Waals surface area contributed by atoms with Crippen molar-refractivity contribution in [1.29, 1.82) is 0 Å². The summed E-state index contributed by atoms with van der Waals surface area (Å²) in [5.74, 6) is 0. The van der Waals surface area contributed by atoms with Gasteiger partial charge >= 0.3 is 0 Å². The van der Waals surface area contributed by atoms with Crippen LogP contribution in [-0.4, -0.2) is 6.61 Å². The molecule has 0 unspecified atom stereocenters. The highest BCUT2D eigenvalue weighted by Crippen LogP contribution is 2.16. The molecule has 3 N–H and O–H groups in total. The Kier molecular flexibility index (Phi) is 3.41. The Balaban J connectivity index is 2.46. The lowest BCUT2D eigenvalue weighted by atomic mass is 10.3. The first-order valence-electron chi connectivity index (χ1n) is 4.07. The average Bonchev–Trinajstić information content (AvgIpc) is 2.09. The van der Waals surface area contributed by atoms with Crippen LogP contribution >= 0.6 is 0 Å². The van der Waals surface area contributed by atoms with Gasteiger partial charge < -0.3 is 5.73 Å². The van der Waals surface area contributed by atoms with E-state index in [1.165, 1.54) is 0 Å². The molecule has 3 heteroatoms. The summed E-state index contributed by atoms with van der Waals surface area (Å²) >= 11 is 0. The summed E-state index contributed by atoms with van der Waals surface area (Å²) in [7, 11) is 0. The van der Waals surface area contributed by atoms with Crippen LogP contribution in [0.1, 0.15) is 13.3 Å². The average molecular weight is 166 g/mol. The highest BCUT2D eigenvalue weighted by molar-refractivity contribution is 5.64. The van der Waals surface area contributed by atoms with Gasteiger partial charge in [0.2, 0.25) is 0 Å². The third kappa shape index (κ3) is 2.43. The minimum atomic E-state index is 0.689. The van der Waals surface area contributed by atoms with Crippen LogP contribution in [0.2, 0.25) is 0 Å². The van der Waals surface area contributed by atoms with Crippen LogP contribution in [-0.2, 0) is 4.84 Å². The Hall–Kier alpha value is -1.22. The van der Waals surface area contributed by atoms with E-state index in [0.717, 1.165) is 12.1 Å². The van der Waals surface area contributed by atoms with Crippen molar-refractivity contribution in [2.45, 2.75) is 13.3 Å². The summed E-state index contributed by atoms with van der Waals surface area (Å²) < 4.78 is 0. The summed E-state index contributed by atoms with van der Waals surface area (Å²) in [6.07, 6.45) is 0.986. The Bertz CT molecular complexity index is 238. The smallest absolute Gasteiger partial charge is 0.0833 e. The van der Waals surface area contributed by atoms with Crippen LogP contribution in [0, 0.1) is 0 Å². The van der Waals surface area contributed by atoms with Gasteiger partial charge in [0.15, 0.2) is 0 Å². The third-order valence-corrected chi connectivity index (χ3v) is 1.45. The first kappa shape index (κ1) is 8.87. The van der Waals surface area contributed by atoms with Crippen LogP contribution in [0.15, 0.2) is 24.3 Å². The second kappa shape index (κ2) is 4.62. The molecule has 1 aromatic rings. The van der Waals surface area contributed by atoms with Gasteiger partial charge in [0.25, 0.3) is 0 Å². The Morgan fingerprint density at radius 1 is 1.42 bits per heavy atom. The minimum absolute atomic E-state index is 0.689. The fourth-order valence-corrected chi connectivity index (χ4v) is 0.821. The van der Waals surface area contributed by atoms with E-state index < -0.39 is 0 Å². The molecule has 0 bridgehead atoms. The van der Waals surface area contributed by atoms with Gasteiger partial charge in [-0.2, -0.15) is 0 Å². The molecular formula is C9H14N2O. The lowest BCUT2D eigenvalue weighted by Crippen LogP contribution is -2.03. The Labute approximate surface area is 72.5 Å². The topological polar surface area (TPSA) is 47.3 Å². The van der Waals surface area contributed by atoms with E-state index in [0.29, 0.717) is 12.3 Å². The first-order valence-corrected chi connectivity index (χ1v) is 4.07. The molecular weight excluding hydrogens is 152 g/mol. The molecule has 0 saturated carbocycles. The van der Waals surface area contributed by atoms with Gasteiger partial charge in [0.1, 0.15) is 0 Å². The van der Waals surface area contributed by atoms with E-state index in [4.69, 9.17) is 10.6 Å². The Morgan fingerprint density at radius 2 is 2.17 bits per heavy atom. The number of benzene rings is 1. The van der Waals surface area contributed by atoms with Gasteiger partial charge in [-0.15, -0.1) is 0 Å². The van der Waals surface area contributed by atoms with Crippen molar-refractivity contribution >= 4 is 11.4 Å². The maximum absolute atomic E-state index is 5.66. The molecule has 0 aliphatic carbocycles. The molecule has 12 heavy (non-hydrogen) atoms. The molecule has 1 aromatic carbocycles. The standard InChI is InChI=1S/C9H14N2O/c1-2-7-12-11-9-6-4-3-5-8(9)10/h3-6,11H,2,7,10H2,1H3. The second-order valence-corrected chi connectivity index (χ2v) is 2.54. The van der Waals surface area contributed by atoms with Crippen molar-refractivity contribution in [3.8, 4) is 0 Å². The van der Waals surface area contributed by atoms with Crippen molar-refractivity contribution in [2.24, 2.45) is 0 Å². The largest absolute Gasteiger partial charge is 0.397 e. The maximum atomic E-state index is 5.66. The zero-order chi connectivity index (χ0) is 8.81. The summed E-state index contributed by atoms with van der Waals surface area (Å²) in [6.45, 7) is 2.74. The summed E-state index contributed by atoms with van der Waals surface area (Å²) in [5, 5.41) is 0. The number of nitrogens with two attached hydrogens (primary N) is 1. The molecule has 0 aliphatic rings. The number of anilines is 2. The predicted octanol–water partition coefficient (Wildman–Crippen LogP) is 2.02. The molecule has 0 aromatic heterocycles. The van der Waals surface area contributed by atoms with Gasteiger partial charge in [-0.25, -0.2) is 0 Å². The van der Waals surface area contributed by atoms with Crippen LogP contribution < -0.4 is 11.2 Å². The van der Waals surface area contributed by atoms with Gasteiger partial charge in [0.05, 0.1) is 18.0 Å². The molecule has 0 spiro atoms. The number of rotatable bonds is 4. The first-order chi connectivity index (χ1) is 5.84. The zero-order valence-corrected chi connectivity index (χ0v) is 7.21. The lowest BCUT2D eigenvalue weighted by Gasteiger charge is -2.07. The molecule has 0 radical (unpaired) electrons. The molecule has 0 heterocycles. The monoisotopic (exact) mass is 166 g/mol. The number of nitrogen functional groups attached to an aromatic ring is 1. The van der Waals surface area contributed by atoms with E-state index in [-0.39, 0.29) is 0 Å². The number of hydrogen-bond donors (Lipinski definition) is 2. The summed E-state index contributed by atoms with van der Waals surface area (Å²) in [5.41, 5.74) is 9.98. The van der Waals surface area contributed by atoms with E-state index >= 15 is 0 Å².